The number of halogens is 4. The zero-order valence-electron chi connectivity index (χ0n) is 10.7. The highest BCUT2D eigenvalue weighted by molar-refractivity contribution is 7.10. The molecule has 0 radical (unpaired) electrons. The first kappa shape index (κ1) is 16.1. The van der Waals surface area contributed by atoms with Gasteiger partial charge in [-0.3, -0.25) is 0 Å². The van der Waals surface area contributed by atoms with E-state index in [-0.39, 0.29) is 18.1 Å². The zero-order chi connectivity index (χ0) is 15.5. The maximum absolute atomic E-state index is 12.5. The van der Waals surface area contributed by atoms with Crippen LogP contribution in [0.2, 0.25) is 0 Å². The quantitative estimate of drug-likeness (QED) is 0.815. The molecule has 1 heterocycles. The van der Waals surface area contributed by atoms with Crippen molar-refractivity contribution < 1.29 is 18.3 Å². The van der Waals surface area contributed by atoms with Crippen LogP contribution in [0.15, 0.2) is 29.6 Å². The Morgan fingerprint density at radius 3 is 2.76 bits per heavy atom. The van der Waals surface area contributed by atoms with Crippen LogP contribution in [0.3, 0.4) is 0 Å². The summed E-state index contributed by atoms with van der Waals surface area (Å²) < 4.78 is 37.6. The van der Waals surface area contributed by atoms with Crippen LogP contribution in [-0.4, -0.2) is 28.6 Å². The molecule has 2 N–H and O–H groups in total. The number of rotatable bonds is 5. The Balaban J connectivity index is 2.15. The predicted molar refractivity (Wildman–Crippen MR) is 77.8 cm³/mol. The van der Waals surface area contributed by atoms with Crippen LogP contribution < -0.4 is 5.32 Å². The van der Waals surface area contributed by atoms with Crippen molar-refractivity contribution >= 4 is 28.6 Å². The Labute approximate surface area is 128 Å². The molecule has 21 heavy (non-hydrogen) atoms. The molecule has 3 nitrogen and oxygen atoms in total. The number of nitrogens with one attached hydrogen (secondary N) is 1. The first-order chi connectivity index (χ1) is 9.90. The van der Waals surface area contributed by atoms with E-state index in [2.05, 4.69) is 10.3 Å². The van der Waals surface area contributed by atoms with Crippen LogP contribution in [0.1, 0.15) is 5.01 Å². The lowest BCUT2D eigenvalue weighted by Crippen LogP contribution is -2.20. The maximum atomic E-state index is 12.5. The van der Waals surface area contributed by atoms with Gasteiger partial charge >= 0.3 is 6.18 Å². The van der Waals surface area contributed by atoms with E-state index in [1.54, 1.807) is 24.3 Å². The van der Waals surface area contributed by atoms with E-state index in [4.69, 9.17) is 11.6 Å². The van der Waals surface area contributed by atoms with E-state index in [1.807, 2.05) is 0 Å². The predicted octanol–water partition coefficient (Wildman–Crippen LogP) is 3.84. The Morgan fingerprint density at radius 1 is 1.38 bits per heavy atom. The van der Waals surface area contributed by atoms with Crippen LogP contribution >= 0.6 is 22.9 Å². The highest BCUT2D eigenvalue weighted by Gasteiger charge is 2.34. The van der Waals surface area contributed by atoms with Crippen molar-refractivity contribution in [2.45, 2.75) is 12.3 Å². The third-order valence-electron chi connectivity index (χ3n) is 2.62. The fraction of sp³-hybridized carbons (Fsp3) is 0.308. The molecule has 0 spiro atoms. The monoisotopic (exact) mass is 336 g/mol. The molecule has 1 unspecified atom stereocenters. The van der Waals surface area contributed by atoms with Crippen LogP contribution in [0.4, 0.5) is 18.9 Å². The van der Waals surface area contributed by atoms with E-state index in [0.717, 1.165) is 0 Å². The molecule has 0 fully saturated rings. The van der Waals surface area contributed by atoms with Crippen molar-refractivity contribution in [3.05, 3.63) is 34.7 Å². The van der Waals surface area contributed by atoms with Gasteiger partial charge in [0.05, 0.1) is 17.7 Å². The average molecular weight is 337 g/mol. The van der Waals surface area contributed by atoms with Gasteiger partial charge in [-0.05, 0) is 12.1 Å². The number of aliphatic hydroxyl groups excluding tert-OH is 1. The lowest BCUT2D eigenvalue weighted by molar-refractivity contribution is -0.137. The molecule has 2 aromatic rings. The molecule has 0 bridgehead atoms. The van der Waals surface area contributed by atoms with Crippen molar-refractivity contribution in [1.82, 2.24) is 4.98 Å². The summed E-state index contributed by atoms with van der Waals surface area (Å²) in [6.07, 6.45) is -5.12. The summed E-state index contributed by atoms with van der Waals surface area (Å²) in [6.45, 7) is 0.262. The Morgan fingerprint density at radius 2 is 2.14 bits per heavy atom. The third kappa shape index (κ3) is 4.33. The van der Waals surface area contributed by atoms with Crippen molar-refractivity contribution in [3.63, 3.8) is 0 Å². The molecule has 0 saturated carbocycles. The lowest BCUT2D eigenvalue weighted by Gasteiger charge is -2.10. The molecule has 0 amide bonds. The summed E-state index contributed by atoms with van der Waals surface area (Å²) >= 11 is 6.05. The first-order valence-corrected chi connectivity index (χ1v) is 7.42. The number of nitrogens with zero attached hydrogens (tertiary/aromatic N) is 1. The second-order valence-electron chi connectivity index (χ2n) is 4.31. The molecule has 0 saturated heterocycles. The smallest absolute Gasteiger partial charge is 0.390 e. The molecule has 0 aliphatic rings. The number of aliphatic hydroxyl groups is 1. The highest BCUT2D eigenvalue weighted by atomic mass is 35.5. The fourth-order valence-corrected chi connectivity index (χ4v) is 2.42. The lowest BCUT2D eigenvalue weighted by atomic mass is 10.1. The van der Waals surface area contributed by atoms with Gasteiger partial charge < -0.3 is 10.4 Å². The molecule has 1 aromatic carbocycles. The molecule has 8 heteroatoms. The van der Waals surface area contributed by atoms with Gasteiger partial charge in [0.25, 0.3) is 0 Å². The van der Waals surface area contributed by atoms with E-state index in [1.165, 1.54) is 5.38 Å². The molecule has 0 aliphatic heterocycles. The molecule has 1 atom stereocenters. The van der Waals surface area contributed by atoms with Gasteiger partial charge in [-0.2, -0.15) is 13.2 Å². The van der Waals surface area contributed by atoms with E-state index in [0.29, 0.717) is 22.6 Å². The number of hydrogen-bond acceptors (Lipinski definition) is 4. The minimum absolute atomic E-state index is 0.105. The second kappa shape index (κ2) is 6.64. The van der Waals surface area contributed by atoms with Crippen molar-refractivity contribution in [3.8, 4) is 11.3 Å². The van der Waals surface area contributed by atoms with E-state index >= 15 is 0 Å². The molecule has 0 aliphatic carbocycles. The maximum Gasteiger partial charge on any atom is 0.443 e. The number of anilines is 1. The standard InChI is InChI=1S/C13H12ClF3N2OS/c14-5-10(20)6-18-9-3-1-2-8(4-9)11-7-21-12(19-11)13(15,16)17/h1-4,7,10,18,20H,5-6H2. The minimum Gasteiger partial charge on any atom is -0.390 e. The first-order valence-electron chi connectivity index (χ1n) is 6.01. The number of aromatic nitrogens is 1. The summed E-state index contributed by atoms with van der Waals surface area (Å²) in [5.41, 5.74) is 1.53. The van der Waals surface area contributed by atoms with Gasteiger partial charge in [0.15, 0.2) is 5.01 Å². The fourth-order valence-electron chi connectivity index (χ4n) is 1.62. The minimum atomic E-state index is -4.43. The summed E-state index contributed by atoms with van der Waals surface area (Å²) in [7, 11) is 0. The topological polar surface area (TPSA) is 45.1 Å². The Hall–Kier alpha value is -1.31. The van der Waals surface area contributed by atoms with Gasteiger partial charge in [0.2, 0.25) is 0 Å². The molecule has 1 aromatic heterocycles. The van der Waals surface area contributed by atoms with Crippen LogP contribution in [0.5, 0.6) is 0 Å². The largest absolute Gasteiger partial charge is 0.443 e. The average Bonchev–Trinajstić information content (AvgIpc) is 2.95. The third-order valence-corrected chi connectivity index (χ3v) is 3.87. The van der Waals surface area contributed by atoms with Gasteiger partial charge in [-0.25, -0.2) is 4.98 Å². The molecular formula is C13H12ClF3N2OS. The Bertz CT molecular complexity index is 603. The van der Waals surface area contributed by atoms with Crippen LogP contribution in [0, 0.1) is 0 Å². The SMILES string of the molecule is OC(CCl)CNc1cccc(-c2csc(C(F)(F)F)n2)c1. The number of alkyl halides is 4. The summed E-state index contributed by atoms with van der Waals surface area (Å²) in [6, 6.07) is 6.81. The normalized spacial score (nSPS) is 13.2. The van der Waals surface area contributed by atoms with Gasteiger partial charge in [-0.15, -0.1) is 22.9 Å². The number of hydrogen-bond donors (Lipinski definition) is 2. The van der Waals surface area contributed by atoms with Crippen LogP contribution in [-0.2, 0) is 6.18 Å². The van der Waals surface area contributed by atoms with E-state index in [9.17, 15) is 18.3 Å². The number of thiazole rings is 1. The van der Waals surface area contributed by atoms with Crippen molar-refractivity contribution in [2.75, 3.05) is 17.7 Å². The van der Waals surface area contributed by atoms with Gasteiger partial charge in [0, 0.05) is 23.2 Å². The van der Waals surface area contributed by atoms with Crippen LogP contribution in [0.25, 0.3) is 11.3 Å². The second-order valence-corrected chi connectivity index (χ2v) is 5.47. The Kier molecular flexibility index (Phi) is 5.08. The number of benzene rings is 1. The van der Waals surface area contributed by atoms with Crippen molar-refractivity contribution in [1.29, 1.82) is 0 Å². The highest BCUT2D eigenvalue weighted by Crippen LogP contribution is 2.34. The summed E-state index contributed by atoms with van der Waals surface area (Å²) in [5.74, 6) is 0.105. The summed E-state index contributed by atoms with van der Waals surface area (Å²) in [5, 5.41) is 12.8. The zero-order valence-corrected chi connectivity index (χ0v) is 12.3. The van der Waals surface area contributed by atoms with Crippen molar-refractivity contribution in [2.24, 2.45) is 0 Å². The summed E-state index contributed by atoms with van der Waals surface area (Å²) in [4.78, 5) is 3.60. The van der Waals surface area contributed by atoms with E-state index < -0.39 is 17.3 Å². The van der Waals surface area contributed by atoms with Gasteiger partial charge in [-0.1, -0.05) is 12.1 Å². The molecule has 2 rings (SSSR count). The van der Waals surface area contributed by atoms with Gasteiger partial charge in [0.1, 0.15) is 0 Å². The molecule has 114 valence electrons. The molecular weight excluding hydrogens is 325 g/mol.